The third-order valence-electron chi connectivity index (χ3n) is 2.61. The molecule has 2 N–H and O–H groups in total. The molecule has 2 nitrogen and oxygen atoms in total. The average molecular weight is 225 g/mol. The van der Waals surface area contributed by atoms with Gasteiger partial charge < -0.3 is 10.4 Å². The van der Waals surface area contributed by atoms with E-state index in [9.17, 15) is 9.50 Å². The highest BCUT2D eigenvalue weighted by Gasteiger charge is 2.22. The Morgan fingerprint density at radius 2 is 2.12 bits per heavy atom. The van der Waals surface area contributed by atoms with Crippen LogP contribution >= 0.6 is 0 Å². The average Bonchev–Trinajstić information content (AvgIpc) is 2.16. The van der Waals surface area contributed by atoms with E-state index in [1.165, 1.54) is 12.1 Å². The van der Waals surface area contributed by atoms with Gasteiger partial charge in [0, 0.05) is 6.04 Å². The zero-order valence-electron chi connectivity index (χ0n) is 10.1. The summed E-state index contributed by atoms with van der Waals surface area (Å²) in [5, 5.41) is 13.4. The van der Waals surface area contributed by atoms with Crippen molar-refractivity contribution in [2.45, 2.75) is 38.8 Å². The van der Waals surface area contributed by atoms with Crippen LogP contribution in [-0.2, 0) is 5.60 Å². The largest absolute Gasteiger partial charge is 0.385 e. The zero-order valence-corrected chi connectivity index (χ0v) is 10.1. The Hall–Kier alpha value is -0.930. The van der Waals surface area contributed by atoms with Crippen molar-refractivity contribution >= 4 is 0 Å². The van der Waals surface area contributed by atoms with Crippen LogP contribution in [0.2, 0.25) is 0 Å². The Morgan fingerprint density at radius 1 is 1.44 bits per heavy atom. The van der Waals surface area contributed by atoms with Gasteiger partial charge in [-0.3, -0.25) is 0 Å². The highest BCUT2D eigenvalue weighted by Crippen LogP contribution is 2.24. The molecule has 0 bridgehead atoms. The van der Waals surface area contributed by atoms with Crippen molar-refractivity contribution in [3.8, 4) is 0 Å². The molecular weight excluding hydrogens is 205 g/mol. The lowest BCUT2D eigenvalue weighted by Gasteiger charge is -2.24. The standard InChI is InChI=1S/C13H20FNO/c1-10(2)15-8-7-13(3,16)11-5-4-6-12(14)9-11/h4-6,9-10,15-16H,7-8H2,1-3H3. The molecule has 0 aliphatic carbocycles. The van der Waals surface area contributed by atoms with Crippen LogP contribution in [0.1, 0.15) is 32.8 Å². The molecule has 90 valence electrons. The molecular formula is C13H20FNO. The summed E-state index contributed by atoms with van der Waals surface area (Å²) in [5.74, 6) is -0.311. The molecule has 0 spiro atoms. The first kappa shape index (κ1) is 13.1. The Balaban J connectivity index is 2.62. The second kappa shape index (κ2) is 5.41. The van der Waals surface area contributed by atoms with Crippen LogP contribution in [0, 0.1) is 5.82 Å². The molecule has 0 aliphatic rings. The first-order valence-electron chi connectivity index (χ1n) is 5.63. The van der Waals surface area contributed by atoms with Crippen molar-refractivity contribution in [3.05, 3.63) is 35.6 Å². The number of hydrogen-bond donors (Lipinski definition) is 2. The number of rotatable bonds is 5. The molecule has 0 aliphatic heterocycles. The number of nitrogens with one attached hydrogen (secondary N) is 1. The Bertz CT molecular complexity index is 336. The van der Waals surface area contributed by atoms with E-state index < -0.39 is 5.60 Å². The second-order valence-electron chi connectivity index (χ2n) is 4.64. The van der Waals surface area contributed by atoms with Crippen LogP contribution in [0.3, 0.4) is 0 Å². The van der Waals surface area contributed by atoms with Crippen molar-refractivity contribution in [2.24, 2.45) is 0 Å². The molecule has 0 fully saturated rings. The van der Waals surface area contributed by atoms with Gasteiger partial charge in [0.1, 0.15) is 5.82 Å². The maximum atomic E-state index is 13.0. The summed E-state index contributed by atoms with van der Waals surface area (Å²) in [6.45, 7) is 6.53. The van der Waals surface area contributed by atoms with Gasteiger partial charge in [-0.15, -0.1) is 0 Å². The smallest absolute Gasteiger partial charge is 0.123 e. The minimum Gasteiger partial charge on any atom is -0.385 e. The van der Waals surface area contributed by atoms with E-state index in [1.807, 2.05) is 0 Å². The van der Waals surface area contributed by atoms with E-state index in [1.54, 1.807) is 19.1 Å². The topological polar surface area (TPSA) is 32.3 Å². The number of aliphatic hydroxyl groups is 1. The Kier molecular flexibility index (Phi) is 4.44. The number of halogens is 1. The van der Waals surface area contributed by atoms with Gasteiger partial charge in [0.2, 0.25) is 0 Å². The van der Waals surface area contributed by atoms with Gasteiger partial charge in [0.15, 0.2) is 0 Å². The van der Waals surface area contributed by atoms with Gasteiger partial charge >= 0.3 is 0 Å². The summed E-state index contributed by atoms with van der Waals surface area (Å²) in [4.78, 5) is 0. The molecule has 0 saturated carbocycles. The Labute approximate surface area is 96.5 Å². The van der Waals surface area contributed by atoms with E-state index in [2.05, 4.69) is 19.2 Å². The predicted octanol–water partition coefficient (Wildman–Crippen LogP) is 2.42. The molecule has 0 heterocycles. The summed E-state index contributed by atoms with van der Waals surface area (Å²) >= 11 is 0. The molecule has 1 aromatic carbocycles. The molecule has 16 heavy (non-hydrogen) atoms. The second-order valence-corrected chi connectivity index (χ2v) is 4.64. The molecule has 1 atom stereocenters. The van der Waals surface area contributed by atoms with Crippen LogP contribution in [-0.4, -0.2) is 17.7 Å². The maximum Gasteiger partial charge on any atom is 0.123 e. The molecule has 1 rings (SSSR count). The fraction of sp³-hybridized carbons (Fsp3) is 0.538. The summed E-state index contributed by atoms with van der Waals surface area (Å²) < 4.78 is 13.0. The van der Waals surface area contributed by atoms with Gasteiger partial charge in [-0.05, 0) is 37.6 Å². The van der Waals surface area contributed by atoms with Crippen LogP contribution in [0.15, 0.2) is 24.3 Å². The third kappa shape index (κ3) is 3.91. The fourth-order valence-electron chi connectivity index (χ4n) is 1.57. The molecule has 0 saturated heterocycles. The number of hydrogen-bond acceptors (Lipinski definition) is 2. The minimum atomic E-state index is -0.982. The molecule has 1 unspecified atom stereocenters. The zero-order chi connectivity index (χ0) is 12.2. The Morgan fingerprint density at radius 3 is 2.69 bits per heavy atom. The monoisotopic (exact) mass is 225 g/mol. The van der Waals surface area contributed by atoms with E-state index >= 15 is 0 Å². The predicted molar refractivity (Wildman–Crippen MR) is 63.7 cm³/mol. The first-order chi connectivity index (χ1) is 7.42. The van der Waals surface area contributed by atoms with Crippen LogP contribution < -0.4 is 5.32 Å². The van der Waals surface area contributed by atoms with Crippen molar-refractivity contribution in [1.29, 1.82) is 0 Å². The minimum absolute atomic E-state index is 0.311. The quantitative estimate of drug-likeness (QED) is 0.806. The normalized spacial score (nSPS) is 15.1. The maximum absolute atomic E-state index is 13.0. The van der Waals surface area contributed by atoms with E-state index in [4.69, 9.17) is 0 Å². The summed E-state index contributed by atoms with van der Waals surface area (Å²) in [5.41, 5.74) is -0.359. The summed E-state index contributed by atoms with van der Waals surface area (Å²) in [6.07, 6.45) is 0.564. The third-order valence-corrected chi connectivity index (χ3v) is 2.61. The molecule has 1 aromatic rings. The fourth-order valence-corrected chi connectivity index (χ4v) is 1.57. The van der Waals surface area contributed by atoms with Crippen molar-refractivity contribution < 1.29 is 9.50 Å². The molecule has 0 amide bonds. The summed E-state index contributed by atoms with van der Waals surface area (Å²) in [7, 11) is 0. The highest BCUT2D eigenvalue weighted by atomic mass is 19.1. The molecule has 3 heteroatoms. The SMILES string of the molecule is CC(C)NCCC(C)(O)c1cccc(F)c1. The first-order valence-corrected chi connectivity index (χ1v) is 5.63. The van der Waals surface area contributed by atoms with E-state index in [0.717, 1.165) is 0 Å². The van der Waals surface area contributed by atoms with Gasteiger partial charge in [-0.2, -0.15) is 0 Å². The molecule has 0 radical (unpaired) electrons. The van der Waals surface area contributed by atoms with Crippen LogP contribution in [0.4, 0.5) is 4.39 Å². The lowest BCUT2D eigenvalue weighted by atomic mass is 9.92. The highest BCUT2D eigenvalue weighted by molar-refractivity contribution is 5.22. The van der Waals surface area contributed by atoms with Gasteiger partial charge in [-0.25, -0.2) is 4.39 Å². The van der Waals surface area contributed by atoms with E-state index in [0.29, 0.717) is 24.6 Å². The van der Waals surface area contributed by atoms with Gasteiger partial charge in [0.25, 0.3) is 0 Å². The van der Waals surface area contributed by atoms with Gasteiger partial charge in [0.05, 0.1) is 5.60 Å². The van der Waals surface area contributed by atoms with E-state index in [-0.39, 0.29) is 5.82 Å². The van der Waals surface area contributed by atoms with Crippen LogP contribution in [0.5, 0.6) is 0 Å². The van der Waals surface area contributed by atoms with Gasteiger partial charge in [-0.1, -0.05) is 26.0 Å². The van der Waals surface area contributed by atoms with Crippen molar-refractivity contribution in [1.82, 2.24) is 5.32 Å². The van der Waals surface area contributed by atoms with Crippen molar-refractivity contribution in [2.75, 3.05) is 6.54 Å². The van der Waals surface area contributed by atoms with Crippen LogP contribution in [0.25, 0.3) is 0 Å². The number of benzene rings is 1. The lowest BCUT2D eigenvalue weighted by Crippen LogP contribution is -2.31. The lowest BCUT2D eigenvalue weighted by molar-refractivity contribution is 0.0472. The summed E-state index contributed by atoms with van der Waals surface area (Å²) in [6, 6.07) is 6.53. The molecule has 0 aromatic heterocycles. The van der Waals surface area contributed by atoms with Crippen molar-refractivity contribution in [3.63, 3.8) is 0 Å².